The predicted molar refractivity (Wildman–Crippen MR) is 89.2 cm³/mol. The highest BCUT2D eigenvalue weighted by molar-refractivity contribution is 6.30. The first-order valence-corrected chi connectivity index (χ1v) is 8.35. The van der Waals surface area contributed by atoms with Crippen LogP contribution < -0.4 is 5.32 Å². The van der Waals surface area contributed by atoms with Gasteiger partial charge in [-0.25, -0.2) is 4.79 Å². The summed E-state index contributed by atoms with van der Waals surface area (Å²) in [7, 11) is 1.54. The monoisotopic (exact) mass is 335 g/mol. The number of imide groups is 1. The Labute approximate surface area is 141 Å². The lowest BCUT2D eigenvalue weighted by molar-refractivity contribution is -0.132. The maximum Gasteiger partial charge on any atom is 0.324 e. The second-order valence-electron chi connectivity index (χ2n) is 6.70. The average molecular weight is 336 g/mol. The van der Waals surface area contributed by atoms with Crippen molar-refractivity contribution in [3.63, 3.8) is 0 Å². The zero-order valence-corrected chi connectivity index (χ0v) is 14.3. The van der Waals surface area contributed by atoms with Crippen LogP contribution in [-0.2, 0) is 11.3 Å². The molecule has 6 heteroatoms. The Morgan fingerprint density at radius 3 is 2.83 bits per heavy atom. The number of urea groups is 1. The lowest BCUT2D eigenvalue weighted by Gasteiger charge is -2.39. The molecular weight excluding hydrogens is 314 g/mol. The average Bonchev–Trinajstić information content (AvgIpc) is 2.72. The molecule has 0 radical (unpaired) electrons. The molecule has 23 heavy (non-hydrogen) atoms. The van der Waals surface area contributed by atoms with Crippen molar-refractivity contribution in [3.05, 3.63) is 34.9 Å². The molecule has 2 heterocycles. The molecule has 2 saturated heterocycles. The number of hydrogen-bond acceptors (Lipinski definition) is 3. The van der Waals surface area contributed by atoms with E-state index in [1.807, 2.05) is 25.1 Å². The van der Waals surface area contributed by atoms with Gasteiger partial charge in [-0.05, 0) is 44.0 Å². The van der Waals surface area contributed by atoms with Crippen molar-refractivity contribution in [1.29, 1.82) is 0 Å². The summed E-state index contributed by atoms with van der Waals surface area (Å²) in [5, 5.41) is 3.62. The molecule has 3 rings (SSSR count). The van der Waals surface area contributed by atoms with Crippen LogP contribution in [0.3, 0.4) is 0 Å². The van der Waals surface area contributed by atoms with E-state index in [4.69, 9.17) is 11.6 Å². The van der Waals surface area contributed by atoms with E-state index in [1.54, 1.807) is 0 Å². The van der Waals surface area contributed by atoms with Gasteiger partial charge in [0.25, 0.3) is 5.91 Å². The van der Waals surface area contributed by atoms with Crippen LogP contribution in [0.2, 0.25) is 5.02 Å². The minimum atomic E-state index is -0.793. The van der Waals surface area contributed by atoms with Gasteiger partial charge in [-0.2, -0.15) is 0 Å². The second kappa shape index (κ2) is 6.13. The highest BCUT2D eigenvalue weighted by atomic mass is 35.5. The number of carbonyl (C=O) groups excluding carboxylic acids is 2. The van der Waals surface area contributed by atoms with Crippen LogP contribution in [-0.4, -0.2) is 47.4 Å². The van der Waals surface area contributed by atoms with E-state index in [0.29, 0.717) is 0 Å². The Balaban J connectivity index is 1.71. The summed E-state index contributed by atoms with van der Waals surface area (Å²) in [6.45, 7) is 4.45. The first kappa shape index (κ1) is 16.3. The third-order valence-corrected chi connectivity index (χ3v) is 5.27. The number of piperidine rings is 1. The van der Waals surface area contributed by atoms with Gasteiger partial charge in [0, 0.05) is 31.1 Å². The summed E-state index contributed by atoms with van der Waals surface area (Å²) in [6.07, 6.45) is 1.97. The van der Waals surface area contributed by atoms with Crippen LogP contribution in [0.1, 0.15) is 25.3 Å². The lowest BCUT2D eigenvalue weighted by Crippen LogP contribution is -2.55. The summed E-state index contributed by atoms with van der Waals surface area (Å²) >= 11 is 6.05. The molecule has 0 saturated carbocycles. The number of rotatable bonds is 3. The summed E-state index contributed by atoms with van der Waals surface area (Å²) in [5.41, 5.74) is 0.376. The number of hydrogen-bond donors (Lipinski definition) is 1. The number of nitrogens with zero attached hydrogens (tertiary/aromatic N) is 2. The third-order valence-electron chi connectivity index (χ3n) is 5.04. The minimum absolute atomic E-state index is 0.122. The molecule has 2 aliphatic rings. The van der Waals surface area contributed by atoms with Crippen molar-refractivity contribution in [2.75, 3.05) is 20.1 Å². The first-order chi connectivity index (χ1) is 10.9. The maximum absolute atomic E-state index is 12.5. The van der Waals surface area contributed by atoms with Crippen molar-refractivity contribution in [2.24, 2.45) is 5.92 Å². The standard InChI is InChI=1S/C17H22ClN3O2/c1-17(15(22)20(2)16(23)19-17)13-6-4-8-21(11-13)10-12-5-3-7-14(18)9-12/h3,5,7,9,13H,4,6,8,10-11H2,1-2H3,(H,19,23)/t13-,17-/m0/s1. The molecule has 2 aliphatic heterocycles. The van der Waals surface area contributed by atoms with Crippen LogP contribution in [0, 0.1) is 5.92 Å². The minimum Gasteiger partial charge on any atom is -0.323 e. The number of halogens is 1. The number of benzene rings is 1. The van der Waals surface area contributed by atoms with Crippen LogP contribution >= 0.6 is 11.6 Å². The fourth-order valence-corrected chi connectivity index (χ4v) is 3.85. The van der Waals surface area contributed by atoms with Gasteiger partial charge in [0.1, 0.15) is 5.54 Å². The zero-order chi connectivity index (χ0) is 16.6. The number of nitrogens with one attached hydrogen (secondary N) is 1. The Morgan fingerprint density at radius 2 is 2.17 bits per heavy atom. The summed E-state index contributed by atoms with van der Waals surface area (Å²) in [5.74, 6) is -0.00561. The first-order valence-electron chi connectivity index (χ1n) is 7.97. The third kappa shape index (κ3) is 3.08. The molecule has 124 valence electrons. The van der Waals surface area contributed by atoms with Gasteiger partial charge in [0.15, 0.2) is 0 Å². The van der Waals surface area contributed by atoms with Crippen LogP contribution in [0.4, 0.5) is 4.79 Å². The summed E-state index contributed by atoms with van der Waals surface area (Å²) < 4.78 is 0. The number of likely N-dealkylation sites (tertiary alicyclic amines) is 1. The molecule has 1 aromatic rings. The smallest absolute Gasteiger partial charge is 0.323 e. The summed E-state index contributed by atoms with van der Waals surface area (Å²) in [4.78, 5) is 27.8. The van der Waals surface area contributed by atoms with Gasteiger partial charge in [-0.1, -0.05) is 23.7 Å². The quantitative estimate of drug-likeness (QED) is 0.863. The molecule has 0 unspecified atom stereocenters. The van der Waals surface area contributed by atoms with E-state index in [-0.39, 0.29) is 17.9 Å². The van der Waals surface area contributed by atoms with E-state index in [9.17, 15) is 9.59 Å². The number of likely N-dealkylation sites (N-methyl/N-ethyl adjacent to an activating group) is 1. The van der Waals surface area contributed by atoms with Gasteiger partial charge in [-0.15, -0.1) is 0 Å². The van der Waals surface area contributed by atoms with Crippen molar-refractivity contribution in [2.45, 2.75) is 31.8 Å². The predicted octanol–water partition coefficient (Wildman–Crippen LogP) is 2.49. The van der Waals surface area contributed by atoms with E-state index in [0.717, 1.165) is 37.5 Å². The molecule has 1 N–H and O–H groups in total. The van der Waals surface area contributed by atoms with Crippen LogP contribution in [0.25, 0.3) is 0 Å². The molecule has 5 nitrogen and oxygen atoms in total. The normalized spacial score (nSPS) is 29.0. The molecule has 1 aromatic carbocycles. The molecule has 0 aromatic heterocycles. The molecule has 0 aliphatic carbocycles. The Morgan fingerprint density at radius 1 is 1.39 bits per heavy atom. The van der Waals surface area contributed by atoms with Gasteiger partial charge >= 0.3 is 6.03 Å². The second-order valence-corrected chi connectivity index (χ2v) is 7.14. The molecule has 0 bridgehead atoms. The number of amides is 3. The largest absolute Gasteiger partial charge is 0.324 e. The zero-order valence-electron chi connectivity index (χ0n) is 13.5. The van der Waals surface area contributed by atoms with Crippen LogP contribution in [0.5, 0.6) is 0 Å². The van der Waals surface area contributed by atoms with Gasteiger partial charge in [0.2, 0.25) is 0 Å². The lowest BCUT2D eigenvalue weighted by atomic mass is 9.80. The highest BCUT2D eigenvalue weighted by Crippen LogP contribution is 2.32. The molecule has 0 spiro atoms. The SMILES string of the molecule is CN1C(=O)N[C@@](C)([C@H]2CCCN(Cc3cccc(Cl)c3)C2)C1=O. The Hall–Kier alpha value is -1.59. The highest BCUT2D eigenvalue weighted by Gasteiger charge is 2.51. The van der Waals surface area contributed by atoms with Crippen molar-refractivity contribution >= 4 is 23.5 Å². The topological polar surface area (TPSA) is 52.7 Å². The van der Waals surface area contributed by atoms with Crippen molar-refractivity contribution in [3.8, 4) is 0 Å². The van der Waals surface area contributed by atoms with Gasteiger partial charge in [0.05, 0.1) is 0 Å². The van der Waals surface area contributed by atoms with Gasteiger partial charge < -0.3 is 5.32 Å². The Kier molecular flexibility index (Phi) is 4.34. The maximum atomic E-state index is 12.5. The number of carbonyl (C=O) groups is 2. The van der Waals surface area contributed by atoms with Crippen LogP contribution in [0.15, 0.2) is 24.3 Å². The Bertz CT molecular complexity index is 636. The van der Waals surface area contributed by atoms with Gasteiger partial charge in [-0.3, -0.25) is 14.6 Å². The molecular formula is C17H22ClN3O2. The fourth-order valence-electron chi connectivity index (χ4n) is 3.64. The van der Waals surface area contributed by atoms with E-state index in [2.05, 4.69) is 16.3 Å². The van der Waals surface area contributed by atoms with E-state index >= 15 is 0 Å². The van der Waals surface area contributed by atoms with E-state index < -0.39 is 5.54 Å². The fraction of sp³-hybridized carbons (Fsp3) is 0.529. The van der Waals surface area contributed by atoms with Crippen molar-refractivity contribution < 1.29 is 9.59 Å². The molecule has 2 atom stereocenters. The molecule has 2 fully saturated rings. The van der Waals surface area contributed by atoms with Crippen molar-refractivity contribution in [1.82, 2.24) is 15.1 Å². The van der Waals surface area contributed by atoms with E-state index in [1.165, 1.54) is 17.5 Å². The molecule has 3 amide bonds. The summed E-state index contributed by atoms with van der Waals surface area (Å²) in [6, 6.07) is 7.56.